The highest BCUT2D eigenvalue weighted by molar-refractivity contribution is 7.99. The quantitative estimate of drug-likeness (QED) is 0.378. The summed E-state index contributed by atoms with van der Waals surface area (Å²) in [6, 6.07) is 6.98. The molecule has 1 fully saturated rings. The third-order valence-electron chi connectivity index (χ3n) is 4.28. The summed E-state index contributed by atoms with van der Waals surface area (Å²) in [5.74, 6) is 2.41. The number of guanidine groups is 1. The average molecular weight is 346 g/mol. The Morgan fingerprint density at radius 1 is 1.08 bits per heavy atom. The van der Waals surface area contributed by atoms with Crippen LogP contribution in [0, 0.1) is 0 Å². The molecule has 0 spiro atoms. The molecule has 0 saturated carbocycles. The van der Waals surface area contributed by atoms with Crippen molar-refractivity contribution in [3.05, 3.63) is 35.4 Å². The lowest BCUT2D eigenvalue weighted by Gasteiger charge is -2.27. The molecule has 1 aromatic carbocycles. The number of nitrogens with two attached hydrogens (primary N) is 1. The molecule has 0 atom stereocenters. The average Bonchev–Trinajstić information content (AvgIpc) is 2.87. The smallest absolute Gasteiger partial charge is 0.261 e. The van der Waals surface area contributed by atoms with E-state index in [4.69, 9.17) is 5.73 Å². The fourth-order valence-electron chi connectivity index (χ4n) is 2.91. The van der Waals surface area contributed by atoms with Gasteiger partial charge in [-0.2, -0.15) is 11.8 Å². The summed E-state index contributed by atoms with van der Waals surface area (Å²) in [5, 5.41) is 0. The molecule has 2 amide bonds. The van der Waals surface area contributed by atoms with Gasteiger partial charge in [-0.3, -0.25) is 19.5 Å². The second-order valence-corrected chi connectivity index (χ2v) is 7.08. The van der Waals surface area contributed by atoms with E-state index in [0.717, 1.165) is 37.4 Å². The van der Waals surface area contributed by atoms with Crippen LogP contribution in [0.4, 0.5) is 0 Å². The van der Waals surface area contributed by atoms with Crippen LogP contribution in [0.3, 0.4) is 0 Å². The molecule has 0 unspecified atom stereocenters. The molecule has 1 saturated heterocycles. The van der Waals surface area contributed by atoms with Gasteiger partial charge in [-0.15, -0.1) is 0 Å². The van der Waals surface area contributed by atoms with Crippen LogP contribution in [-0.4, -0.2) is 65.3 Å². The molecule has 24 heavy (non-hydrogen) atoms. The number of amides is 2. The Balaban J connectivity index is 1.44. The first kappa shape index (κ1) is 16.8. The van der Waals surface area contributed by atoms with Gasteiger partial charge in [0.15, 0.2) is 5.96 Å². The monoisotopic (exact) mass is 346 g/mol. The van der Waals surface area contributed by atoms with Gasteiger partial charge >= 0.3 is 0 Å². The number of hydrogen-bond donors (Lipinski definition) is 1. The molecule has 1 aromatic rings. The van der Waals surface area contributed by atoms with Gasteiger partial charge in [0.25, 0.3) is 11.8 Å². The number of aliphatic imine (C=N–C) groups is 1. The lowest BCUT2D eigenvalue weighted by atomic mass is 10.1. The molecule has 2 N–H and O–H groups in total. The number of fused-ring (bicyclic) bond motifs is 1. The van der Waals surface area contributed by atoms with E-state index in [1.54, 1.807) is 24.3 Å². The highest BCUT2D eigenvalue weighted by Crippen LogP contribution is 2.22. The zero-order chi connectivity index (χ0) is 16.9. The summed E-state index contributed by atoms with van der Waals surface area (Å²) in [4.78, 5) is 32.3. The number of thioether (sulfide) groups is 1. The maximum atomic E-state index is 12.2. The van der Waals surface area contributed by atoms with E-state index in [1.165, 1.54) is 4.90 Å². The Labute approximate surface area is 146 Å². The van der Waals surface area contributed by atoms with Gasteiger partial charge < -0.3 is 10.6 Å². The molecule has 3 rings (SSSR count). The minimum Gasteiger partial charge on any atom is -0.370 e. The number of carbonyl (C=O) groups is 2. The van der Waals surface area contributed by atoms with Gasteiger partial charge in [0.2, 0.25) is 0 Å². The van der Waals surface area contributed by atoms with E-state index >= 15 is 0 Å². The molecular weight excluding hydrogens is 324 g/mol. The van der Waals surface area contributed by atoms with E-state index in [1.807, 2.05) is 11.8 Å². The third-order valence-corrected chi connectivity index (χ3v) is 5.22. The molecule has 0 aliphatic carbocycles. The standard InChI is InChI=1S/C17H22N4O2S/c18-17(20-9-11-24-12-10-20)19-7-3-4-8-21-15(22)13-5-1-2-6-14(13)16(21)23/h1-2,5-6H,3-4,7-12H2,(H2,18,19). The minimum atomic E-state index is -0.190. The van der Waals surface area contributed by atoms with Crippen LogP contribution < -0.4 is 5.73 Å². The number of imide groups is 1. The minimum absolute atomic E-state index is 0.190. The molecule has 0 bridgehead atoms. The maximum absolute atomic E-state index is 12.2. The summed E-state index contributed by atoms with van der Waals surface area (Å²) < 4.78 is 0. The van der Waals surface area contributed by atoms with Crippen LogP contribution in [0.5, 0.6) is 0 Å². The van der Waals surface area contributed by atoms with E-state index in [-0.39, 0.29) is 11.8 Å². The Hall–Kier alpha value is -2.02. The predicted molar refractivity (Wildman–Crippen MR) is 96.4 cm³/mol. The highest BCUT2D eigenvalue weighted by Gasteiger charge is 2.34. The van der Waals surface area contributed by atoms with Crippen LogP contribution >= 0.6 is 11.8 Å². The van der Waals surface area contributed by atoms with Crippen LogP contribution in [-0.2, 0) is 0 Å². The molecule has 2 aliphatic rings. The number of hydrogen-bond acceptors (Lipinski definition) is 4. The van der Waals surface area contributed by atoms with Crippen LogP contribution in [0.25, 0.3) is 0 Å². The molecule has 0 aromatic heterocycles. The molecule has 2 aliphatic heterocycles. The molecule has 7 heteroatoms. The van der Waals surface area contributed by atoms with E-state index < -0.39 is 0 Å². The molecule has 6 nitrogen and oxygen atoms in total. The number of unbranched alkanes of at least 4 members (excludes halogenated alkanes) is 1. The lowest BCUT2D eigenvalue weighted by Crippen LogP contribution is -2.42. The Morgan fingerprint density at radius 2 is 1.71 bits per heavy atom. The van der Waals surface area contributed by atoms with Crippen molar-refractivity contribution in [3.63, 3.8) is 0 Å². The topological polar surface area (TPSA) is 79.0 Å². The van der Waals surface area contributed by atoms with Crippen molar-refractivity contribution in [2.24, 2.45) is 10.7 Å². The number of carbonyl (C=O) groups excluding carboxylic acids is 2. The Kier molecular flexibility index (Phi) is 5.40. The largest absolute Gasteiger partial charge is 0.370 e. The first-order valence-corrected chi connectivity index (χ1v) is 9.42. The zero-order valence-corrected chi connectivity index (χ0v) is 14.4. The summed E-state index contributed by atoms with van der Waals surface area (Å²) in [7, 11) is 0. The number of nitrogens with zero attached hydrogens (tertiary/aromatic N) is 3. The van der Waals surface area contributed by atoms with E-state index in [9.17, 15) is 9.59 Å². The van der Waals surface area contributed by atoms with E-state index in [2.05, 4.69) is 9.89 Å². The summed E-state index contributed by atoms with van der Waals surface area (Å²) in [5.41, 5.74) is 7.02. The second-order valence-electron chi connectivity index (χ2n) is 5.85. The normalized spacial score (nSPS) is 18.2. The van der Waals surface area contributed by atoms with Gasteiger partial charge in [0, 0.05) is 37.7 Å². The van der Waals surface area contributed by atoms with Gasteiger partial charge in [-0.1, -0.05) is 12.1 Å². The van der Waals surface area contributed by atoms with Crippen LogP contribution in [0.2, 0.25) is 0 Å². The van der Waals surface area contributed by atoms with Gasteiger partial charge in [-0.05, 0) is 25.0 Å². The molecular formula is C17H22N4O2S. The third kappa shape index (κ3) is 3.56. The summed E-state index contributed by atoms with van der Waals surface area (Å²) in [6.45, 7) is 2.96. The fraction of sp³-hybridized carbons (Fsp3) is 0.471. The number of rotatable bonds is 5. The van der Waals surface area contributed by atoms with Crippen molar-refractivity contribution in [1.29, 1.82) is 0 Å². The van der Waals surface area contributed by atoms with Crippen molar-refractivity contribution in [1.82, 2.24) is 9.80 Å². The Bertz CT molecular complexity index is 621. The molecule has 0 radical (unpaired) electrons. The summed E-state index contributed by atoms with van der Waals surface area (Å²) in [6.07, 6.45) is 1.54. The lowest BCUT2D eigenvalue weighted by molar-refractivity contribution is 0.0652. The van der Waals surface area contributed by atoms with Crippen molar-refractivity contribution in [2.45, 2.75) is 12.8 Å². The van der Waals surface area contributed by atoms with Crippen molar-refractivity contribution in [2.75, 3.05) is 37.7 Å². The van der Waals surface area contributed by atoms with Gasteiger partial charge in [0.05, 0.1) is 11.1 Å². The zero-order valence-electron chi connectivity index (χ0n) is 13.6. The van der Waals surface area contributed by atoms with Gasteiger partial charge in [-0.25, -0.2) is 0 Å². The highest BCUT2D eigenvalue weighted by atomic mass is 32.2. The van der Waals surface area contributed by atoms with Crippen LogP contribution in [0.1, 0.15) is 33.6 Å². The Morgan fingerprint density at radius 3 is 2.33 bits per heavy atom. The van der Waals surface area contributed by atoms with Crippen LogP contribution in [0.15, 0.2) is 29.3 Å². The second kappa shape index (κ2) is 7.70. The van der Waals surface area contributed by atoms with Crippen molar-refractivity contribution in [3.8, 4) is 0 Å². The van der Waals surface area contributed by atoms with Crippen molar-refractivity contribution >= 4 is 29.5 Å². The molecule has 128 valence electrons. The molecule has 2 heterocycles. The summed E-state index contributed by atoms with van der Waals surface area (Å²) >= 11 is 1.94. The maximum Gasteiger partial charge on any atom is 0.261 e. The van der Waals surface area contributed by atoms with Crippen molar-refractivity contribution < 1.29 is 9.59 Å². The fourth-order valence-corrected chi connectivity index (χ4v) is 3.81. The first-order chi connectivity index (χ1) is 11.7. The number of benzene rings is 1. The first-order valence-electron chi connectivity index (χ1n) is 8.26. The SMILES string of the molecule is NC(=NCCCCN1C(=O)c2ccccc2C1=O)N1CCSCC1. The van der Waals surface area contributed by atoms with E-state index in [0.29, 0.717) is 30.2 Å². The van der Waals surface area contributed by atoms with Gasteiger partial charge in [0.1, 0.15) is 0 Å². The predicted octanol–water partition coefficient (Wildman–Crippen LogP) is 1.43.